The number of hydrogen-bond acceptors (Lipinski definition) is 5. The van der Waals surface area contributed by atoms with Crippen LogP contribution in [0.1, 0.15) is 41.6 Å². The molecule has 0 bridgehead atoms. The van der Waals surface area contributed by atoms with Crippen LogP contribution in [0.3, 0.4) is 0 Å². The third-order valence-electron chi connectivity index (χ3n) is 5.77. The van der Waals surface area contributed by atoms with Crippen LogP contribution in [0.25, 0.3) is 20.7 Å². The lowest BCUT2D eigenvalue weighted by molar-refractivity contribution is 0.0966. The van der Waals surface area contributed by atoms with Gasteiger partial charge in [-0.25, -0.2) is 13.8 Å². The SMILES string of the molecule is NC1CCCC[C@H]1Nc1nc(-c2cc3c(F)cccc3s2)c2c(c1F)CNC2=O. The number of thiophene rings is 1. The Balaban J connectivity index is 1.65. The lowest BCUT2D eigenvalue weighted by atomic mass is 9.91. The molecule has 1 amide bonds. The third kappa shape index (κ3) is 3.07. The normalized spacial score (nSPS) is 21.3. The number of nitrogens with zero attached hydrogens (tertiary/aromatic N) is 1. The van der Waals surface area contributed by atoms with Gasteiger partial charge in [-0.1, -0.05) is 18.9 Å². The van der Waals surface area contributed by atoms with Gasteiger partial charge in [0.15, 0.2) is 11.6 Å². The van der Waals surface area contributed by atoms with Crippen LogP contribution in [0, 0.1) is 11.6 Å². The van der Waals surface area contributed by atoms with Crippen LogP contribution in [0.5, 0.6) is 0 Å². The number of rotatable bonds is 3. The molecule has 0 radical (unpaired) electrons. The monoisotopic (exact) mass is 414 g/mol. The van der Waals surface area contributed by atoms with Crippen LogP contribution in [0.2, 0.25) is 0 Å². The zero-order valence-electron chi connectivity index (χ0n) is 15.6. The molecule has 0 saturated heterocycles. The second kappa shape index (κ2) is 7.03. The molecule has 5 nitrogen and oxygen atoms in total. The molecular formula is C21H20F2N4OS. The molecule has 1 aliphatic heterocycles. The van der Waals surface area contributed by atoms with Crippen LogP contribution in [-0.2, 0) is 6.54 Å². The summed E-state index contributed by atoms with van der Waals surface area (Å²) in [5, 5.41) is 6.33. The first kappa shape index (κ1) is 18.4. The third-order valence-corrected chi connectivity index (χ3v) is 6.88. The molecule has 1 aliphatic carbocycles. The first-order valence-electron chi connectivity index (χ1n) is 9.74. The van der Waals surface area contributed by atoms with E-state index in [9.17, 15) is 9.18 Å². The van der Waals surface area contributed by atoms with Crippen molar-refractivity contribution >= 4 is 33.1 Å². The molecule has 2 atom stereocenters. The fraction of sp³-hybridized carbons (Fsp3) is 0.333. The summed E-state index contributed by atoms with van der Waals surface area (Å²) >= 11 is 1.34. The molecule has 3 heterocycles. The van der Waals surface area contributed by atoms with Crippen molar-refractivity contribution in [3.63, 3.8) is 0 Å². The molecule has 2 aliphatic rings. The number of amides is 1. The van der Waals surface area contributed by atoms with Crippen molar-refractivity contribution < 1.29 is 13.6 Å². The van der Waals surface area contributed by atoms with Crippen LogP contribution in [0.4, 0.5) is 14.6 Å². The zero-order chi connectivity index (χ0) is 20.1. The Labute approximate surface area is 170 Å². The highest BCUT2D eigenvalue weighted by molar-refractivity contribution is 7.22. The highest BCUT2D eigenvalue weighted by atomic mass is 32.1. The minimum Gasteiger partial charge on any atom is -0.363 e. The number of nitrogens with one attached hydrogen (secondary N) is 2. The number of anilines is 1. The van der Waals surface area contributed by atoms with E-state index in [4.69, 9.17) is 5.73 Å². The van der Waals surface area contributed by atoms with E-state index in [1.807, 2.05) is 6.07 Å². The quantitative estimate of drug-likeness (QED) is 0.601. The summed E-state index contributed by atoms with van der Waals surface area (Å²) in [5.41, 5.74) is 7.11. The molecule has 1 unspecified atom stereocenters. The molecular weight excluding hydrogens is 394 g/mol. The lowest BCUT2D eigenvalue weighted by Crippen LogP contribution is -2.43. The second-order valence-corrected chi connectivity index (χ2v) is 8.70. The van der Waals surface area contributed by atoms with Gasteiger partial charge >= 0.3 is 0 Å². The number of hydrogen-bond donors (Lipinski definition) is 3. The molecule has 29 heavy (non-hydrogen) atoms. The summed E-state index contributed by atoms with van der Waals surface area (Å²) in [6, 6.07) is 6.39. The number of carbonyl (C=O) groups excluding carboxylic acids is 1. The lowest BCUT2D eigenvalue weighted by Gasteiger charge is -2.30. The number of fused-ring (bicyclic) bond motifs is 2. The van der Waals surface area contributed by atoms with Gasteiger partial charge in [-0.2, -0.15) is 0 Å². The van der Waals surface area contributed by atoms with E-state index in [0.717, 1.165) is 30.4 Å². The first-order valence-corrected chi connectivity index (χ1v) is 10.6. The number of nitrogens with two attached hydrogens (primary N) is 1. The van der Waals surface area contributed by atoms with E-state index in [1.165, 1.54) is 17.4 Å². The van der Waals surface area contributed by atoms with E-state index in [0.29, 0.717) is 21.5 Å². The fourth-order valence-electron chi connectivity index (χ4n) is 4.21. The second-order valence-electron chi connectivity index (χ2n) is 7.62. The van der Waals surface area contributed by atoms with Crippen molar-refractivity contribution in [2.24, 2.45) is 5.73 Å². The maximum Gasteiger partial charge on any atom is 0.254 e. The largest absolute Gasteiger partial charge is 0.363 e. The molecule has 8 heteroatoms. The van der Waals surface area contributed by atoms with Gasteiger partial charge in [-0.15, -0.1) is 11.3 Å². The zero-order valence-corrected chi connectivity index (χ0v) is 16.4. The Hall–Kier alpha value is -2.58. The van der Waals surface area contributed by atoms with Gasteiger partial charge in [0.1, 0.15) is 5.82 Å². The molecule has 150 valence electrons. The maximum absolute atomic E-state index is 15.2. The van der Waals surface area contributed by atoms with Crippen LogP contribution in [0.15, 0.2) is 24.3 Å². The Morgan fingerprint density at radius 2 is 2.07 bits per heavy atom. The maximum atomic E-state index is 15.2. The molecule has 3 aromatic rings. The summed E-state index contributed by atoms with van der Waals surface area (Å²) in [5.74, 6) is -1.11. The predicted octanol–water partition coefficient (Wildman–Crippen LogP) is 4.17. The highest BCUT2D eigenvalue weighted by Crippen LogP contribution is 2.39. The standard InChI is InChI=1S/C21H20F2N4OS/c22-12-4-3-7-15-10(12)8-16(29-15)19-17-11(9-25-21(17)28)18(23)20(27-19)26-14-6-2-1-5-13(14)24/h3-4,7-8,13-14H,1-2,5-6,9,24H2,(H,25,28)(H,26,27)/t13?,14-/m1/s1. The van der Waals surface area contributed by atoms with E-state index >= 15 is 4.39 Å². The van der Waals surface area contributed by atoms with Crippen LogP contribution in [-0.4, -0.2) is 23.0 Å². The highest BCUT2D eigenvalue weighted by Gasteiger charge is 2.32. The number of pyridine rings is 1. The van der Waals surface area contributed by atoms with Crippen molar-refractivity contribution in [1.82, 2.24) is 10.3 Å². The van der Waals surface area contributed by atoms with Gasteiger partial charge in [-0.3, -0.25) is 4.79 Å². The molecule has 0 spiro atoms. The van der Waals surface area contributed by atoms with Crippen molar-refractivity contribution in [3.05, 3.63) is 47.0 Å². The number of aromatic nitrogens is 1. The summed E-state index contributed by atoms with van der Waals surface area (Å²) in [6.07, 6.45) is 3.82. The fourth-order valence-corrected chi connectivity index (χ4v) is 5.28. The number of halogens is 2. The summed E-state index contributed by atoms with van der Waals surface area (Å²) < 4.78 is 30.1. The first-order chi connectivity index (χ1) is 14.0. The van der Waals surface area contributed by atoms with Crippen LogP contribution >= 0.6 is 11.3 Å². The van der Waals surface area contributed by atoms with E-state index in [1.54, 1.807) is 12.1 Å². The molecule has 1 aromatic carbocycles. The Bertz CT molecular complexity index is 1130. The summed E-state index contributed by atoms with van der Waals surface area (Å²) in [4.78, 5) is 17.6. The van der Waals surface area contributed by atoms with Gasteiger partial charge in [0.05, 0.1) is 16.1 Å². The van der Waals surface area contributed by atoms with Crippen LogP contribution < -0.4 is 16.4 Å². The molecule has 4 N–H and O–H groups in total. The van der Waals surface area contributed by atoms with Crippen molar-refractivity contribution in [2.45, 2.75) is 44.3 Å². The molecule has 1 fully saturated rings. The smallest absolute Gasteiger partial charge is 0.254 e. The van der Waals surface area contributed by atoms with Crippen molar-refractivity contribution in [2.75, 3.05) is 5.32 Å². The Morgan fingerprint density at radius 1 is 1.24 bits per heavy atom. The summed E-state index contributed by atoms with van der Waals surface area (Å²) in [7, 11) is 0. The van der Waals surface area contributed by atoms with Crippen molar-refractivity contribution in [3.8, 4) is 10.6 Å². The van der Waals surface area contributed by atoms with Gasteiger partial charge in [-0.05, 0) is 31.0 Å². The van der Waals surface area contributed by atoms with Gasteiger partial charge in [0.2, 0.25) is 0 Å². The van der Waals surface area contributed by atoms with Crippen molar-refractivity contribution in [1.29, 1.82) is 0 Å². The van der Waals surface area contributed by atoms with E-state index < -0.39 is 5.82 Å². The number of benzene rings is 1. The average Bonchev–Trinajstić information content (AvgIpc) is 3.31. The topological polar surface area (TPSA) is 80.0 Å². The summed E-state index contributed by atoms with van der Waals surface area (Å²) in [6.45, 7) is 0.111. The average molecular weight is 414 g/mol. The van der Waals surface area contributed by atoms with Gasteiger partial charge < -0.3 is 16.4 Å². The predicted molar refractivity (Wildman–Crippen MR) is 110 cm³/mol. The molecule has 2 aromatic heterocycles. The van der Waals surface area contributed by atoms with Gasteiger partial charge in [0, 0.05) is 34.3 Å². The minimum absolute atomic E-state index is 0.0680. The molecule has 1 saturated carbocycles. The minimum atomic E-state index is -0.521. The molecule has 5 rings (SSSR count). The van der Waals surface area contributed by atoms with E-state index in [2.05, 4.69) is 15.6 Å². The van der Waals surface area contributed by atoms with E-state index in [-0.39, 0.29) is 41.7 Å². The Morgan fingerprint density at radius 3 is 2.86 bits per heavy atom. The number of carbonyl (C=O) groups is 1. The Kier molecular flexibility index (Phi) is 4.48. The van der Waals surface area contributed by atoms with Gasteiger partial charge in [0.25, 0.3) is 5.91 Å².